The zero-order valence-corrected chi connectivity index (χ0v) is 11.2. The van der Waals surface area contributed by atoms with E-state index in [9.17, 15) is 13.2 Å². The van der Waals surface area contributed by atoms with E-state index in [1.54, 1.807) is 7.11 Å². The molecule has 18 heavy (non-hydrogen) atoms. The minimum atomic E-state index is -4.71. The third kappa shape index (κ3) is 5.59. The Bertz CT molecular complexity index is 382. The molecule has 0 heterocycles. The Hall–Kier alpha value is -0.950. The third-order valence-electron chi connectivity index (χ3n) is 1.89. The van der Waals surface area contributed by atoms with Gasteiger partial charge in [0.1, 0.15) is 11.5 Å². The van der Waals surface area contributed by atoms with Gasteiger partial charge in [-0.1, -0.05) is 0 Å². The number of hydrogen-bond donors (Lipinski definition) is 0. The van der Waals surface area contributed by atoms with Crippen molar-refractivity contribution in [1.29, 1.82) is 0 Å². The van der Waals surface area contributed by atoms with Crippen LogP contribution in [0.15, 0.2) is 22.7 Å². The Morgan fingerprint density at radius 2 is 1.94 bits per heavy atom. The van der Waals surface area contributed by atoms with Crippen LogP contribution in [-0.2, 0) is 4.74 Å². The van der Waals surface area contributed by atoms with E-state index < -0.39 is 6.36 Å². The lowest BCUT2D eigenvalue weighted by Crippen LogP contribution is -2.17. The van der Waals surface area contributed by atoms with E-state index in [1.165, 1.54) is 18.2 Å². The minimum Gasteiger partial charge on any atom is -0.492 e. The standard InChI is InChI=1S/C11H12BrF3O3/c1-16-5-2-6-17-10-7-8(3-4-9(10)12)18-11(13,14)15/h3-4,7H,2,5-6H2,1H3. The molecule has 0 saturated heterocycles. The predicted octanol–water partition coefficient (Wildman–Crippen LogP) is 3.76. The van der Waals surface area contributed by atoms with Gasteiger partial charge >= 0.3 is 6.36 Å². The second-order valence-corrected chi connectivity index (χ2v) is 4.19. The van der Waals surface area contributed by atoms with Crippen molar-refractivity contribution in [3.8, 4) is 11.5 Å². The van der Waals surface area contributed by atoms with Crippen LogP contribution < -0.4 is 9.47 Å². The second-order valence-electron chi connectivity index (χ2n) is 3.33. The van der Waals surface area contributed by atoms with Crippen molar-refractivity contribution in [3.63, 3.8) is 0 Å². The van der Waals surface area contributed by atoms with Crippen LogP contribution in [0.3, 0.4) is 0 Å². The highest BCUT2D eigenvalue weighted by Gasteiger charge is 2.31. The zero-order chi connectivity index (χ0) is 13.6. The molecule has 3 nitrogen and oxygen atoms in total. The lowest BCUT2D eigenvalue weighted by molar-refractivity contribution is -0.274. The number of hydrogen-bond acceptors (Lipinski definition) is 3. The third-order valence-corrected chi connectivity index (χ3v) is 2.54. The van der Waals surface area contributed by atoms with Gasteiger partial charge in [0.25, 0.3) is 0 Å². The summed E-state index contributed by atoms with van der Waals surface area (Å²) in [7, 11) is 1.56. The van der Waals surface area contributed by atoms with Crippen LogP contribution in [0.1, 0.15) is 6.42 Å². The Morgan fingerprint density at radius 1 is 1.22 bits per heavy atom. The van der Waals surface area contributed by atoms with Crippen LogP contribution >= 0.6 is 15.9 Å². The number of benzene rings is 1. The normalized spacial score (nSPS) is 11.4. The molecule has 1 aromatic carbocycles. The molecule has 0 radical (unpaired) electrons. The van der Waals surface area contributed by atoms with E-state index in [4.69, 9.17) is 9.47 Å². The van der Waals surface area contributed by atoms with Crippen molar-refractivity contribution in [2.45, 2.75) is 12.8 Å². The van der Waals surface area contributed by atoms with Crippen molar-refractivity contribution < 1.29 is 27.4 Å². The number of rotatable bonds is 6. The van der Waals surface area contributed by atoms with Crippen LogP contribution in [0.4, 0.5) is 13.2 Å². The van der Waals surface area contributed by atoms with Gasteiger partial charge in [0, 0.05) is 26.2 Å². The van der Waals surface area contributed by atoms with Crippen molar-refractivity contribution in [2.75, 3.05) is 20.3 Å². The first-order chi connectivity index (χ1) is 8.42. The van der Waals surface area contributed by atoms with Crippen LogP contribution in [0.2, 0.25) is 0 Å². The Balaban J connectivity index is 2.63. The van der Waals surface area contributed by atoms with Gasteiger partial charge in [-0.2, -0.15) is 0 Å². The number of halogens is 4. The van der Waals surface area contributed by atoms with Gasteiger partial charge in [-0.05, 0) is 28.1 Å². The Labute approximate surface area is 111 Å². The summed E-state index contributed by atoms with van der Waals surface area (Å²) in [6, 6.07) is 3.83. The monoisotopic (exact) mass is 328 g/mol. The van der Waals surface area contributed by atoms with E-state index in [0.29, 0.717) is 29.9 Å². The van der Waals surface area contributed by atoms with Gasteiger partial charge in [-0.15, -0.1) is 13.2 Å². The summed E-state index contributed by atoms with van der Waals surface area (Å²) in [5.74, 6) is -0.0136. The van der Waals surface area contributed by atoms with Crippen molar-refractivity contribution >= 4 is 15.9 Å². The molecule has 0 amide bonds. The molecule has 0 aliphatic rings. The SMILES string of the molecule is COCCCOc1cc(OC(F)(F)F)ccc1Br. The summed E-state index contributed by atoms with van der Waals surface area (Å²) < 4.78 is 50.6. The topological polar surface area (TPSA) is 27.7 Å². The molecule has 7 heteroatoms. The molecule has 0 saturated carbocycles. The smallest absolute Gasteiger partial charge is 0.492 e. The molecule has 0 aliphatic carbocycles. The highest BCUT2D eigenvalue weighted by molar-refractivity contribution is 9.10. The van der Waals surface area contributed by atoms with Crippen LogP contribution in [0.5, 0.6) is 11.5 Å². The van der Waals surface area contributed by atoms with Crippen molar-refractivity contribution in [1.82, 2.24) is 0 Å². The fourth-order valence-electron chi connectivity index (χ4n) is 1.18. The van der Waals surface area contributed by atoms with Crippen LogP contribution in [-0.4, -0.2) is 26.7 Å². The van der Waals surface area contributed by atoms with Gasteiger partial charge in [0.2, 0.25) is 0 Å². The molecular weight excluding hydrogens is 317 g/mol. The molecule has 0 aliphatic heterocycles. The largest absolute Gasteiger partial charge is 0.573 e. The van der Waals surface area contributed by atoms with Gasteiger partial charge in [-0.25, -0.2) is 0 Å². The molecule has 0 aromatic heterocycles. The highest BCUT2D eigenvalue weighted by Crippen LogP contribution is 2.32. The summed E-state index contributed by atoms with van der Waals surface area (Å²) >= 11 is 3.19. The second kappa shape index (κ2) is 6.84. The molecule has 102 valence electrons. The van der Waals surface area contributed by atoms with E-state index in [2.05, 4.69) is 20.7 Å². The Morgan fingerprint density at radius 3 is 2.56 bits per heavy atom. The molecule has 0 bridgehead atoms. The van der Waals surface area contributed by atoms with Gasteiger partial charge in [0.15, 0.2) is 0 Å². The summed E-state index contributed by atoms with van der Waals surface area (Å²) in [6.45, 7) is 0.873. The van der Waals surface area contributed by atoms with Crippen LogP contribution in [0, 0.1) is 0 Å². The maximum atomic E-state index is 12.0. The lowest BCUT2D eigenvalue weighted by atomic mass is 10.3. The fraction of sp³-hybridized carbons (Fsp3) is 0.455. The molecule has 1 aromatic rings. The van der Waals surface area contributed by atoms with Crippen molar-refractivity contribution in [3.05, 3.63) is 22.7 Å². The summed E-state index contributed by atoms with van der Waals surface area (Å²) in [5.41, 5.74) is 0. The van der Waals surface area contributed by atoms with E-state index in [0.717, 1.165) is 0 Å². The molecular formula is C11H12BrF3O3. The minimum absolute atomic E-state index is 0.299. The molecule has 0 N–H and O–H groups in total. The summed E-state index contributed by atoms with van der Waals surface area (Å²) in [6.07, 6.45) is -4.06. The number of alkyl halides is 3. The molecule has 0 unspecified atom stereocenters. The molecule has 1 rings (SSSR count). The lowest BCUT2D eigenvalue weighted by Gasteiger charge is -2.12. The number of methoxy groups -OCH3 is 1. The summed E-state index contributed by atoms with van der Waals surface area (Å²) in [5, 5.41) is 0. The molecule has 0 spiro atoms. The van der Waals surface area contributed by atoms with Crippen molar-refractivity contribution in [2.24, 2.45) is 0 Å². The van der Waals surface area contributed by atoms with Gasteiger partial charge in [0.05, 0.1) is 11.1 Å². The fourth-order valence-corrected chi connectivity index (χ4v) is 1.54. The zero-order valence-electron chi connectivity index (χ0n) is 9.59. The quantitative estimate of drug-likeness (QED) is 0.744. The molecule has 0 atom stereocenters. The first-order valence-corrected chi connectivity index (χ1v) is 5.88. The average Bonchev–Trinajstić information content (AvgIpc) is 2.26. The predicted molar refractivity (Wildman–Crippen MR) is 62.8 cm³/mol. The summed E-state index contributed by atoms with van der Waals surface area (Å²) in [4.78, 5) is 0. The first-order valence-electron chi connectivity index (χ1n) is 5.09. The average molecular weight is 329 g/mol. The maximum absolute atomic E-state index is 12.0. The number of ether oxygens (including phenoxy) is 3. The van der Waals surface area contributed by atoms with E-state index >= 15 is 0 Å². The maximum Gasteiger partial charge on any atom is 0.573 e. The van der Waals surface area contributed by atoms with Gasteiger partial charge < -0.3 is 14.2 Å². The Kier molecular flexibility index (Phi) is 5.74. The van der Waals surface area contributed by atoms with Gasteiger partial charge in [-0.3, -0.25) is 0 Å². The van der Waals surface area contributed by atoms with Crippen LogP contribution in [0.25, 0.3) is 0 Å². The highest BCUT2D eigenvalue weighted by atomic mass is 79.9. The van der Waals surface area contributed by atoms with E-state index in [-0.39, 0.29) is 5.75 Å². The first kappa shape index (κ1) is 15.1. The molecule has 0 fully saturated rings. The van der Waals surface area contributed by atoms with E-state index in [1.807, 2.05) is 0 Å².